The minimum atomic E-state index is 0.220. The Balaban J connectivity index is 2.14. The molecule has 0 saturated carbocycles. The van der Waals surface area contributed by atoms with Crippen molar-refractivity contribution in [2.24, 2.45) is 17.6 Å². The van der Waals surface area contributed by atoms with Crippen molar-refractivity contribution in [2.75, 3.05) is 18.0 Å². The summed E-state index contributed by atoms with van der Waals surface area (Å²) in [5.74, 6) is 1.42. The van der Waals surface area contributed by atoms with Crippen LogP contribution in [0, 0.1) is 11.8 Å². The van der Waals surface area contributed by atoms with Gasteiger partial charge in [-0.3, -0.25) is 0 Å². The molecular formula is C18H30N2. The fraction of sp³-hybridized carbons (Fsp3) is 0.667. The van der Waals surface area contributed by atoms with Crippen molar-refractivity contribution in [3.8, 4) is 0 Å². The molecule has 2 heteroatoms. The Morgan fingerprint density at radius 3 is 2.20 bits per heavy atom. The Kier molecular flexibility index (Phi) is 4.43. The number of piperidine rings is 1. The van der Waals surface area contributed by atoms with Gasteiger partial charge < -0.3 is 10.6 Å². The average Bonchev–Trinajstić information content (AvgIpc) is 2.37. The third-order valence-electron chi connectivity index (χ3n) is 4.56. The fourth-order valence-corrected chi connectivity index (χ4v) is 3.04. The van der Waals surface area contributed by atoms with Crippen molar-refractivity contribution in [1.82, 2.24) is 0 Å². The summed E-state index contributed by atoms with van der Waals surface area (Å²) < 4.78 is 0. The van der Waals surface area contributed by atoms with Crippen LogP contribution in [0.1, 0.15) is 46.6 Å². The van der Waals surface area contributed by atoms with Crippen LogP contribution >= 0.6 is 0 Å². The highest BCUT2D eigenvalue weighted by molar-refractivity contribution is 5.49. The van der Waals surface area contributed by atoms with Crippen LogP contribution in [0.2, 0.25) is 0 Å². The second-order valence-corrected chi connectivity index (χ2v) is 7.70. The molecule has 0 amide bonds. The van der Waals surface area contributed by atoms with Gasteiger partial charge in [-0.15, -0.1) is 0 Å². The van der Waals surface area contributed by atoms with Crippen molar-refractivity contribution in [1.29, 1.82) is 0 Å². The van der Waals surface area contributed by atoms with Gasteiger partial charge in [-0.05, 0) is 41.4 Å². The molecule has 1 saturated heterocycles. The van der Waals surface area contributed by atoms with E-state index in [-0.39, 0.29) is 5.41 Å². The van der Waals surface area contributed by atoms with Crippen molar-refractivity contribution in [3.63, 3.8) is 0 Å². The molecule has 1 fully saturated rings. The molecular weight excluding hydrogens is 244 g/mol. The van der Waals surface area contributed by atoms with Gasteiger partial charge in [-0.2, -0.15) is 0 Å². The van der Waals surface area contributed by atoms with E-state index in [1.807, 2.05) is 0 Å². The lowest BCUT2D eigenvalue weighted by Crippen LogP contribution is -2.48. The summed E-state index contributed by atoms with van der Waals surface area (Å²) in [6.45, 7) is 13.5. The molecule has 0 aliphatic carbocycles. The highest BCUT2D eigenvalue weighted by Gasteiger charge is 2.27. The normalized spacial score (nSPS) is 24.2. The lowest BCUT2D eigenvalue weighted by molar-refractivity contribution is 0.298. The molecule has 1 aliphatic heterocycles. The number of benzene rings is 1. The van der Waals surface area contributed by atoms with E-state index in [0.717, 1.165) is 19.5 Å². The third kappa shape index (κ3) is 3.54. The van der Waals surface area contributed by atoms with E-state index in [4.69, 9.17) is 5.73 Å². The number of anilines is 1. The Morgan fingerprint density at radius 1 is 1.10 bits per heavy atom. The zero-order chi connectivity index (χ0) is 14.9. The Bertz CT molecular complexity index is 428. The highest BCUT2D eigenvalue weighted by Crippen LogP contribution is 2.29. The van der Waals surface area contributed by atoms with Crippen LogP contribution in [-0.2, 0) is 5.41 Å². The van der Waals surface area contributed by atoms with E-state index in [9.17, 15) is 0 Å². The first-order valence-corrected chi connectivity index (χ1v) is 7.88. The van der Waals surface area contributed by atoms with Gasteiger partial charge in [0.1, 0.15) is 0 Å². The number of hydrogen-bond donors (Lipinski definition) is 1. The minimum Gasteiger partial charge on any atom is -0.370 e. The molecule has 2 rings (SSSR count). The van der Waals surface area contributed by atoms with Gasteiger partial charge in [-0.1, -0.05) is 46.8 Å². The largest absolute Gasteiger partial charge is 0.370 e. The average molecular weight is 274 g/mol. The number of nitrogens with two attached hydrogens (primary N) is 1. The van der Waals surface area contributed by atoms with Gasteiger partial charge in [0.15, 0.2) is 0 Å². The Hall–Kier alpha value is -1.02. The van der Waals surface area contributed by atoms with E-state index in [1.165, 1.54) is 11.3 Å². The van der Waals surface area contributed by atoms with E-state index >= 15 is 0 Å². The third-order valence-corrected chi connectivity index (χ3v) is 4.56. The lowest BCUT2D eigenvalue weighted by Gasteiger charge is -2.39. The van der Waals surface area contributed by atoms with Crippen LogP contribution in [0.3, 0.4) is 0 Å². The fourth-order valence-electron chi connectivity index (χ4n) is 3.04. The number of nitrogens with zero attached hydrogens (tertiary/aromatic N) is 1. The molecule has 1 aliphatic rings. The second kappa shape index (κ2) is 5.77. The SMILES string of the molecule is CC(C)C1CC(N)CN(c2ccc(C(C)(C)C)cc2)C1. The molecule has 0 spiro atoms. The molecule has 2 unspecified atom stereocenters. The van der Waals surface area contributed by atoms with Crippen molar-refractivity contribution in [2.45, 2.75) is 52.5 Å². The summed E-state index contributed by atoms with van der Waals surface area (Å²) in [6.07, 6.45) is 1.16. The summed E-state index contributed by atoms with van der Waals surface area (Å²) in [4.78, 5) is 2.46. The first kappa shape index (κ1) is 15.4. The summed E-state index contributed by atoms with van der Waals surface area (Å²) >= 11 is 0. The number of hydrogen-bond acceptors (Lipinski definition) is 2. The standard InChI is InChI=1S/C18H30N2/c1-13(2)14-10-16(19)12-20(11-14)17-8-6-15(7-9-17)18(3,4)5/h6-9,13-14,16H,10-12,19H2,1-5H3. The van der Waals surface area contributed by atoms with Gasteiger partial charge in [0.05, 0.1) is 0 Å². The van der Waals surface area contributed by atoms with Crippen LogP contribution in [-0.4, -0.2) is 19.1 Å². The molecule has 2 nitrogen and oxygen atoms in total. The predicted molar refractivity (Wildman–Crippen MR) is 88.3 cm³/mol. The lowest BCUT2D eigenvalue weighted by atomic mass is 9.85. The van der Waals surface area contributed by atoms with Crippen LogP contribution in [0.15, 0.2) is 24.3 Å². The maximum absolute atomic E-state index is 6.25. The molecule has 2 atom stereocenters. The molecule has 20 heavy (non-hydrogen) atoms. The van der Waals surface area contributed by atoms with E-state index in [2.05, 4.69) is 63.8 Å². The quantitative estimate of drug-likeness (QED) is 0.889. The summed E-state index contributed by atoms with van der Waals surface area (Å²) in [5, 5.41) is 0. The van der Waals surface area contributed by atoms with Gasteiger partial charge in [0, 0.05) is 24.8 Å². The van der Waals surface area contributed by atoms with Gasteiger partial charge >= 0.3 is 0 Å². The zero-order valence-electron chi connectivity index (χ0n) is 13.7. The van der Waals surface area contributed by atoms with Gasteiger partial charge in [0.25, 0.3) is 0 Å². The smallest absolute Gasteiger partial charge is 0.0367 e. The summed E-state index contributed by atoms with van der Waals surface area (Å²) in [5.41, 5.74) is 9.18. The van der Waals surface area contributed by atoms with Crippen LogP contribution in [0.4, 0.5) is 5.69 Å². The van der Waals surface area contributed by atoms with Crippen molar-refractivity contribution in [3.05, 3.63) is 29.8 Å². The molecule has 1 aromatic carbocycles. The molecule has 0 aromatic heterocycles. The first-order chi connectivity index (χ1) is 9.27. The topological polar surface area (TPSA) is 29.3 Å². The monoisotopic (exact) mass is 274 g/mol. The Labute approximate surface area is 124 Å². The van der Waals surface area contributed by atoms with Crippen LogP contribution < -0.4 is 10.6 Å². The van der Waals surface area contributed by atoms with Crippen LogP contribution in [0.25, 0.3) is 0 Å². The predicted octanol–water partition coefficient (Wildman–Crippen LogP) is 3.79. The first-order valence-electron chi connectivity index (χ1n) is 7.88. The maximum Gasteiger partial charge on any atom is 0.0367 e. The summed E-state index contributed by atoms with van der Waals surface area (Å²) in [6, 6.07) is 9.35. The molecule has 0 radical (unpaired) electrons. The van der Waals surface area contributed by atoms with Crippen molar-refractivity contribution >= 4 is 5.69 Å². The van der Waals surface area contributed by atoms with Crippen LogP contribution in [0.5, 0.6) is 0 Å². The molecule has 112 valence electrons. The number of rotatable bonds is 2. The second-order valence-electron chi connectivity index (χ2n) is 7.70. The zero-order valence-corrected chi connectivity index (χ0v) is 13.7. The molecule has 0 bridgehead atoms. The van der Waals surface area contributed by atoms with E-state index in [0.29, 0.717) is 17.9 Å². The van der Waals surface area contributed by atoms with E-state index in [1.54, 1.807) is 0 Å². The molecule has 2 N–H and O–H groups in total. The molecule has 1 heterocycles. The minimum absolute atomic E-state index is 0.220. The highest BCUT2D eigenvalue weighted by atomic mass is 15.2. The summed E-state index contributed by atoms with van der Waals surface area (Å²) in [7, 11) is 0. The Morgan fingerprint density at radius 2 is 1.70 bits per heavy atom. The van der Waals surface area contributed by atoms with E-state index < -0.39 is 0 Å². The van der Waals surface area contributed by atoms with Gasteiger partial charge in [-0.25, -0.2) is 0 Å². The maximum atomic E-state index is 6.25. The van der Waals surface area contributed by atoms with Crippen molar-refractivity contribution < 1.29 is 0 Å². The molecule has 1 aromatic rings. The van der Waals surface area contributed by atoms with Gasteiger partial charge in [0.2, 0.25) is 0 Å².